The van der Waals surface area contributed by atoms with Crippen LogP contribution in [-0.2, 0) is 0 Å². The minimum Gasteiger partial charge on any atom is -0.373 e. The zero-order valence-electron chi connectivity index (χ0n) is 16.3. The van der Waals surface area contributed by atoms with Crippen molar-refractivity contribution in [1.82, 2.24) is 24.6 Å². The van der Waals surface area contributed by atoms with Crippen molar-refractivity contribution in [2.45, 2.75) is 24.9 Å². The zero-order chi connectivity index (χ0) is 20.1. The summed E-state index contributed by atoms with van der Waals surface area (Å²) >= 11 is 0. The molecule has 0 radical (unpaired) electrons. The van der Waals surface area contributed by atoms with E-state index in [1.165, 1.54) is 6.07 Å². The summed E-state index contributed by atoms with van der Waals surface area (Å²) in [5, 5.41) is 10.6. The molecule has 1 aliphatic carbocycles. The molecule has 3 aromatic rings. The van der Waals surface area contributed by atoms with Crippen LogP contribution in [0.1, 0.15) is 46.5 Å². The van der Waals surface area contributed by atoms with Crippen molar-refractivity contribution in [3.8, 4) is 11.8 Å². The lowest BCUT2D eigenvalue weighted by Crippen LogP contribution is -2.44. The SMILES string of the molecule is CNc1c(C(N)=O)c(C#Cc2cc3ncn(C4CC4)c3cc2F)nn1C1CNC1.Cl. The maximum atomic E-state index is 14.7. The maximum absolute atomic E-state index is 14.7. The first-order chi connectivity index (χ1) is 14.1. The highest BCUT2D eigenvalue weighted by atomic mass is 35.5. The second kappa shape index (κ2) is 7.63. The molecule has 2 aromatic heterocycles. The number of carbonyl (C=O) groups is 1. The average molecular weight is 430 g/mol. The van der Waals surface area contributed by atoms with Gasteiger partial charge in [0.2, 0.25) is 0 Å². The summed E-state index contributed by atoms with van der Waals surface area (Å²) in [5.41, 5.74) is 7.69. The van der Waals surface area contributed by atoms with Crippen molar-refractivity contribution in [3.63, 3.8) is 0 Å². The van der Waals surface area contributed by atoms with Gasteiger partial charge in [-0.1, -0.05) is 5.92 Å². The number of carbonyl (C=O) groups excluding carboxylic acids is 1. The third-order valence-electron chi connectivity index (χ3n) is 5.42. The van der Waals surface area contributed by atoms with E-state index in [9.17, 15) is 9.18 Å². The first-order valence-corrected chi connectivity index (χ1v) is 9.55. The number of fused-ring (bicyclic) bond motifs is 1. The van der Waals surface area contributed by atoms with Gasteiger partial charge in [-0.05, 0) is 24.8 Å². The lowest BCUT2D eigenvalue weighted by atomic mass is 10.1. The molecule has 1 aromatic carbocycles. The van der Waals surface area contributed by atoms with Crippen molar-refractivity contribution < 1.29 is 9.18 Å². The van der Waals surface area contributed by atoms with Crippen molar-refractivity contribution in [3.05, 3.63) is 41.1 Å². The topological polar surface area (TPSA) is 103 Å². The van der Waals surface area contributed by atoms with Crippen LogP contribution in [0, 0.1) is 17.7 Å². The molecule has 3 heterocycles. The Morgan fingerprint density at radius 2 is 2.07 bits per heavy atom. The molecule has 4 N–H and O–H groups in total. The largest absolute Gasteiger partial charge is 0.373 e. The summed E-state index contributed by atoms with van der Waals surface area (Å²) in [6.45, 7) is 1.49. The van der Waals surface area contributed by atoms with Crippen LogP contribution >= 0.6 is 12.4 Å². The van der Waals surface area contributed by atoms with Crippen LogP contribution in [0.4, 0.5) is 10.2 Å². The quantitative estimate of drug-likeness (QED) is 0.549. The standard InChI is InChI=1S/C20H20FN7O.ClH/c1-23-20-18(19(22)29)15(26-28(20)13-8-24-9-13)5-2-11-6-16-17(7-14(11)21)27(10-25-16)12-3-4-12;/h6-7,10,12-13,23-24H,3-4,8-9H2,1H3,(H2,22,29);1H. The molecular formula is C20H21ClFN7O. The van der Waals surface area contributed by atoms with Crippen LogP contribution in [0.15, 0.2) is 18.5 Å². The molecule has 0 unspecified atom stereocenters. The molecule has 1 saturated carbocycles. The summed E-state index contributed by atoms with van der Waals surface area (Å²) in [6.07, 6.45) is 3.94. The van der Waals surface area contributed by atoms with E-state index in [0.717, 1.165) is 31.4 Å². The van der Waals surface area contributed by atoms with Gasteiger partial charge in [0.1, 0.15) is 17.2 Å². The summed E-state index contributed by atoms with van der Waals surface area (Å²) in [6, 6.07) is 3.63. The van der Waals surface area contributed by atoms with Crippen LogP contribution in [-0.4, -0.2) is 45.4 Å². The molecule has 0 spiro atoms. The van der Waals surface area contributed by atoms with Gasteiger partial charge in [0.05, 0.1) is 29.0 Å². The number of amides is 1. The third kappa shape index (κ3) is 3.28. The van der Waals surface area contributed by atoms with E-state index in [-0.39, 0.29) is 35.3 Å². The highest BCUT2D eigenvalue weighted by Crippen LogP contribution is 2.37. The van der Waals surface area contributed by atoms with E-state index in [0.29, 0.717) is 17.4 Å². The van der Waals surface area contributed by atoms with Crippen LogP contribution < -0.4 is 16.4 Å². The van der Waals surface area contributed by atoms with Gasteiger partial charge in [0.15, 0.2) is 5.69 Å². The van der Waals surface area contributed by atoms with Gasteiger partial charge in [0.25, 0.3) is 5.91 Å². The number of benzene rings is 1. The van der Waals surface area contributed by atoms with Gasteiger partial charge in [0, 0.05) is 32.2 Å². The van der Waals surface area contributed by atoms with Gasteiger partial charge in [-0.25, -0.2) is 14.1 Å². The second-order valence-corrected chi connectivity index (χ2v) is 7.40. The molecule has 1 saturated heterocycles. The molecule has 10 heteroatoms. The van der Waals surface area contributed by atoms with Crippen LogP contribution in [0.25, 0.3) is 11.0 Å². The van der Waals surface area contributed by atoms with E-state index in [2.05, 4.69) is 32.6 Å². The summed E-state index contributed by atoms with van der Waals surface area (Å²) in [4.78, 5) is 16.4. The minimum absolute atomic E-state index is 0. The van der Waals surface area contributed by atoms with E-state index < -0.39 is 11.7 Å². The number of hydrogen-bond donors (Lipinski definition) is 3. The van der Waals surface area contributed by atoms with Crippen molar-refractivity contribution in [2.75, 3.05) is 25.5 Å². The number of imidazole rings is 1. The number of halogens is 2. The predicted octanol–water partition coefficient (Wildman–Crippen LogP) is 1.81. The molecule has 2 aliphatic rings. The number of anilines is 1. The van der Waals surface area contributed by atoms with Crippen molar-refractivity contribution >= 4 is 35.2 Å². The number of nitrogens with two attached hydrogens (primary N) is 1. The van der Waals surface area contributed by atoms with Gasteiger partial charge in [-0.2, -0.15) is 5.10 Å². The number of rotatable bonds is 4. The van der Waals surface area contributed by atoms with Crippen LogP contribution in [0.5, 0.6) is 0 Å². The Kier molecular flexibility index (Phi) is 5.13. The molecule has 0 bridgehead atoms. The lowest BCUT2D eigenvalue weighted by molar-refractivity contribution is 0.100. The Morgan fingerprint density at radius 3 is 2.67 bits per heavy atom. The number of hydrogen-bond acceptors (Lipinski definition) is 5. The van der Waals surface area contributed by atoms with Crippen LogP contribution in [0.3, 0.4) is 0 Å². The smallest absolute Gasteiger partial charge is 0.255 e. The van der Waals surface area contributed by atoms with Gasteiger partial charge in [-0.15, -0.1) is 12.4 Å². The van der Waals surface area contributed by atoms with Crippen molar-refractivity contribution in [2.24, 2.45) is 5.73 Å². The third-order valence-corrected chi connectivity index (χ3v) is 5.42. The lowest BCUT2D eigenvalue weighted by Gasteiger charge is -2.28. The summed E-state index contributed by atoms with van der Waals surface area (Å²) in [5.74, 6) is 5.11. The highest BCUT2D eigenvalue weighted by molar-refractivity contribution is 6.00. The summed E-state index contributed by atoms with van der Waals surface area (Å²) < 4.78 is 18.4. The molecule has 0 atom stereocenters. The molecule has 1 amide bonds. The highest BCUT2D eigenvalue weighted by Gasteiger charge is 2.28. The second-order valence-electron chi connectivity index (χ2n) is 7.40. The van der Waals surface area contributed by atoms with Gasteiger partial charge in [-0.3, -0.25) is 4.79 Å². The average Bonchev–Trinajstić information content (AvgIpc) is 3.31. The molecule has 2 fully saturated rings. The van der Waals surface area contributed by atoms with Crippen LogP contribution in [0.2, 0.25) is 0 Å². The van der Waals surface area contributed by atoms with Gasteiger partial charge < -0.3 is 20.9 Å². The Hall–Kier alpha value is -3.09. The fraction of sp³-hybridized carbons (Fsp3) is 0.350. The predicted molar refractivity (Wildman–Crippen MR) is 113 cm³/mol. The monoisotopic (exact) mass is 429 g/mol. The first-order valence-electron chi connectivity index (χ1n) is 9.55. The zero-order valence-corrected chi connectivity index (χ0v) is 17.1. The van der Waals surface area contributed by atoms with E-state index in [1.807, 2.05) is 4.57 Å². The fourth-order valence-corrected chi connectivity index (χ4v) is 3.62. The molecule has 156 valence electrons. The van der Waals surface area contributed by atoms with E-state index in [4.69, 9.17) is 5.73 Å². The normalized spacial score (nSPS) is 15.8. The molecular weight excluding hydrogens is 409 g/mol. The Morgan fingerprint density at radius 1 is 1.30 bits per heavy atom. The Balaban J connectivity index is 0.00000218. The Bertz CT molecular complexity index is 1200. The number of nitrogens with one attached hydrogen (secondary N) is 2. The fourth-order valence-electron chi connectivity index (χ4n) is 3.62. The van der Waals surface area contributed by atoms with Crippen molar-refractivity contribution in [1.29, 1.82) is 0 Å². The maximum Gasteiger partial charge on any atom is 0.255 e. The minimum atomic E-state index is -0.628. The number of aromatic nitrogens is 4. The number of primary amides is 1. The molecule has 30 heavy (non-hydrogen) atoms. The summed E-state index contributed by atoms with van der Waals surface area (Å²) in [7, 11) is 1.70. The van der Waals surface area contributed by atoms with E-state index >= 15 is 0 Å². The Labute approximate surface area is 178 Å². The number of nitrogens with zero attached hydrogens (tertiary/aromatic N) is 4. The molecule has 1 aliphatic heterocycles. The first kappa shape index (κ1) is 20.2. The van der Waals surface area contributed by atoms with Gasteiger partial charge >= 0.3 is 0 Å². The van der Waals surface area contributed by atoms with E-state index in [1.54, 1.807) is 24.1 Å². The molecule has 8 nitrogen and oxygen atoms in total. The molecule has 5 rings (SSSR count).